The molecular formula is C13H13N3O. The van der Waals surface area contributed by atoms with E-state index in [0.29, 0.717) is 0 Å². The van der Waals surface area contributed by atoms with Gasteiger partial charge in [0.25, 0.3) is 0 Å². The lowest BCUT2D eigenvalue weighted by Gasteiger charge is -2.23. The average molecular weight is 227 g/mol. The minimum Gasteiger partial charge on any atom is -0.271 e. The van der Waals surface area contributed by atoms with Gasteiger partial charge in [-0.3, -0.25) is 4.84 Å². The fourth-order valence-corrected chi connectivity index (χ4v) is 2.09. The van der Waals surface area contributed by atoms with Crippen LogP contribution in [0.4, 0.5) is 5.82 Å². The third kappa shape index (κ3) is 1.99. The molecule has 4 nitrogen and oxygen atoms in total. The van der Waals surface area contributed by atoms with E-state index in [4.69, 9.17) is 4.84 Å². The molecule has 4 heteroatoms. The molecule has 1 unspecified atom stereocenters. The van der Waals surface area contributed by atoms with Gasteiger partial charge in [0, 0.05) is 18.7 Å². The second kappa shape index (κ2) is 4.51. The summed E-state index contributed by atoms with van der Waals surface area (Å²) in [5.41, 5.74) is 1.25. The highest BCUT2D eigenvalue weighted by Gasteiger charge is 2.28. The Kier molecular flexibility index (Phi) is 2.71. The van der Waals surface area contributed by atoms with E-state index < -0.39 is 0 Å². The van der Waals surface area contributed by atoms with Gasteiger partial charge in [-0.25, -0.2) is 15.0 Å². The first-order valence-corrected chi connectivity index (χ1v) is 5.68. The highest BCUT2D eigenvalue weighted by molar-refractivity contribution is 5.39. The van der Waals surface area contributed by atoms with Crippen LogP contribution in [0.3, 0.4) is 0 Å². The molecule has 0 spiro atoms. The van der Waals surface area contributed by atoms with Crippen LogP contribution in [-0.2, 0) is 4.84 Å². The fraction of sp³-hybridized carbons (Fsp3) is 0.231. The van der Waals surface area contributed by atoms with Crippen LogP contribution in [0, 0.1) is 0 Å². The molecule has 2 heterocycles. The average Bonchev–Trinajstić information content (AvgIpc) is 2.90. The Morgan fingerprint density at radius 3 is 2.82 bits per heavy atom. The van der Waals surface area contributed by atoms with Crippen LogP contribution in [0.15, 0.2) is 48.9 Å². The fourth-order valence-electron chi connectivity index (χ4n) is 2.09. The standard InChI is InChI=1S/C13H13N3O/c1-2-4-11(5-3-1)12-7-9-17-16(12)13-6-8-14-10-15-13/h1-6,8,10,12H,7,9H2. The van der Waals surface area contributed by atoms with Gasteiger partial charge in [-0.2, -0.15) is 0 Å². The maximum absolute atomic E-state index is 5.65. The summed E-state index contributed by atoms with van der Waals surface area (Å²) in [5.74, 6) is 0.811. The van der Waals surface area contributed by atoms with Gasteiger partial charge < -0.3 is 0 Å². The number of hydrogen-bond acceptors (Lipinski definition) is 4. The van der Waals surface area contributed by atoms with Gasteiger partial charge in [-0.15, -0.1) is 0 Å². The van der Waals surface area contributed by atoms with E-state index in [9.17, 15) is 0 Å². The van der Waals surface area contributed by atoms with Crippen LogP contribution in [0.25, 0.3) is 0 Å². The Bertz CT molecular complexity index is 429. The van der Waals surface area contributed by atoms with Crippen molar-refractivity contribution in [2.75, 3.05) is 11.7 Å². The molecule has 0 bridgehead atoms. The maximum atomic E-state index is 5.65. The SMILES string of the molecule is c1ccc(C2CCON2c2ccncn2)cc1. The molecule has 0 saturated carbocycles. The lowest BCUT2D eigenvalue weighted by molar-refractivity contribution is 0.157. The first-order chi connectivity index (χ1) is 8.45. The summed E-state index contributed by atoms with van der Waals surface area (Å²) >= 11 is 0. The van der Waals surface area contributed by atoms with Gasteiger partial charge in [0.2, 0.25) is 0 Å². The van der Waals surface area contributed by atoms with Crippen molar-refractivity contribution in [1.29, 1.82) is 0 Å². The largest absolute Gasteiger partial charge is 0.271 e. The van der Waals surface area contributed by atoms with Gasteiger partial charge in [0.05, 0.1) is 12.6 Å². The minimum absolute atomic E-state index is 0.242. The normalized spacial score (nSPS) is 19.5. The number of hydrogen-bond donors (Lipinski definition) is 0. The van der Waals surface area contributed by atoms with Crippen LogP contribution in [0.2, 0.25) is 0 Å². The van der Waals surface area contributed by atoms with E-state index in [-0.39, 0.29) is 6.04 Å². The van der Waals surface area contributed by atoms with E-state index in [0.717, 1.165) is 18.8 Å². The van der Waals surface area contributed by atoms with Crippen LogP contribution >= 0.6 is 0 Å². The number of rotatable bonds is 2. The lowest BCUT2D eigenvalue weighted by atomic mass is 10.0. The van der Waals surface area contributed by atoms with Crippen molar-refractivity contribution in [2.45, 2.75) is 12.5 Å². The highest BCUT2D eigenvalue weighted by atomic mass is 16.7. The first kappa shape index (κ1) is 10.2. The molecule has 1 aromatic carbocycles. The Morgan fingerprint density at radius 2 is 2.06 bits per heavy atom. The third-order valence-electron chi connectivity index (χ3n) is 2.88. The second-order valence-electron chi connectivity index (χ2n) is 3.94. The summed E-state index contributed by atoms with van der Waals surface area (Å²) in [6, 6.07) is 12.5. The Labute approximate surface area is 99.8 Å². The second-order valence-corrected chi connectivity index (χ2v) is 3.94. The molecule has 0 radical (unpaired) electrons. The van der Waals surface area contributed by atoms with Crippen LogP contribution in [0.1, 0.15) is 18.0 Å². The van der Waals surface area contributed by atoms with Crippen LogP contribution < -0.4 is 5.06 Å². The molecule has 0 amide bonds. The van der Waals surface area contributed by atoms with E-state index in [1.807, 2.05) is 29.3 Å². The number of anilines is 1. The quantitative estimate of drug-likeness (QED) is 0.789. The zero-order chi connectivity index (χ0) is 11.5. The molecular weight excluding hydrogens is 214 g/mol. The van der Waals surface area contributed by atoms with Crippen molar-refractivity contribution in [3.05, 3.63) is 54.5 Å². The van der Waals surface area contributed by atoms with Gasteiger partial charge in [0.1, 0.15) is 6.33 Å². The predicted molar refractivity (Wildman–Crippen MR) is 64.3 cm³/mol. The smallest absolute Gasteiger partial charge is 0.156 e. The Morgan fingerprint density at radius 1 is 1.18 bits per heavy atom. The molecule has 1 aliphatic rings. The van der Waals surface area contributed by atoms with Crippen molar-refractivity contribution in [3.8, 4) is 0 Å². The van der Waals surface area contributed by atoms with Gasteiger partial charge >= 0.3 is 0 Å². The Balaban J connectivity index is 1.91. The molecule has 1 aliphatic heterocycles. The molecule has 3 rings (SSSR count). The zero-order valence-corrected chi connectivity index (χ0v) is 9.36. The number of benzene rings is 1. The van der Waals surface area contributed by atoms with Crippen LogP contribution in [0.5, 0.6) is 0 Å². The first-order valence-electron chi connectivity index (χ1n) is 5.68. The van der Waals surface area contributed by atoms with E-state index in [2.05, 4.69) is 22.1 Å². The molecule has 0 aliphatic carbocycles. The molecule has 2 aromatic rings. The van der Waals surface area contributed by atoms with E-state index >= 15 is 0 Å². The number of aromatic nitrogens is 2. The predicted octanol–water partition coefficient (Wildman–Crippen LogP) is 2.36. The van der Waals surface area contributed by atoms with Gasteiger partial charge in [0.15, 0.2) is 5.82 Å². The topological polar surface area (TPSA) is 38.2 Å². The molecule has 86 valence electrons. The van der Waals surface area contributed by atoms with Crippen LogP contribution in [-0.4, -0.2) is 16.6 Å². The van der Waals surface area contributed by atoms with Crippen molar-refractivity contribution in [1.82, 2.24) is 9.97 Å². The van der Waals surface area contributed by atoms with Crippen molar-refractivity contribution >= 4 is 5.82 Å². The van der Waals surface area contributed by atoms with E-state index in [1.165, 1.54) is 5.56 Å². The molecule has 0 N–H and O–H groups in total. The van der Waals surface area contributed by atoms with E-state index in [1.54, 1.807) is 12.5 Å². The zero-order valence-electron chi connectivity index (χ0n) is 9.36. The van der Waals surface area contributed by atoms with Gasteiger partial charge in [-0.05, 0) is 5.56 Å². The molecule has 17 heavy (non-hydrogen) atoms. The maximum Gasteiger partial charge on any atom is 0.156 e. The monoisotopic (exact) mass is 227 g/mol. The number of nitrogens with zero attached hydrogens (tertiary/aromatic N) is 3. The highest BCUT2D eigenvalue weighted by Crippen LogP contribution is 2.33. The number of hydroxylamine groups is 1. The van der Waals surface area contributed by atoms with Gasteiger partial charge in [-0.1, -0.05) is 30.3 Å². The van der Waals surface area contributed by atoms with Crippen molar-refractivity contribution < 1.29 is 4.84 Å². The minimum atomic E-state index is 0.242. The van der Waals surface area contributed by atoms with Crippen molar-refractivity contribution in [3.63, 3.8) is 0 Å². The summed E-state index contributed by atoms with van der Waals surface area (Å²) in [7, 11) is 0. The third-order valence-corrected chi connectivity index (χ3v) is 2.88. The summed E-state index contributed by atoms with van der Waals surface area (Å²) in [5, 5.41) is 1.87. The molecule has 1 atom stereocenters. The summed E-state index contributed by atoms with van der Waals surface area (Å²) in [4.78, 5) is 13.8. The molecule has 1 saturated heterocycles. The molecule has 1 aromatic heterocycles. The summed E-state index contributed by atoms with van der Waals surface area (Å²) < 4.78 is 0. The lowest BCUT2D eigenvalue weighted by Crippen LogP contribution is -2.22. The van der Waals surface area contributed by atoms with Crippen molar-refractivity contribution in [2.24, 2.45) is 0 Å². The Hall–Kier alpha value is -1.94. The summed E-state index contributed by atoms with van der Waals surface area (Å²) in [6.07, 6.45) is 4.25. The molecule has 1 fully saturated rings. The summed E-state index contributed by atoms with van der Waals surface area (Å²) in [6.45, 7) is 0.726.